The number of anilines is 1. The van der Waals surface area contributed by atoms with E-state index in [0.717, 1.165) is 10.2 Å². The fourth-order valence-corrected chi connectivity index (χ4v) is 1.84. The lowest BCUT2D eigenvalue weighted by Gasteiger charge is -2.24. The molecule has 5 heteroatoms. The average Bonchev–Trinajstić information content (AvgIpc) is 2.31. The quantitative estimate of drug-likeness (QED) is 0.897. The van der Waals surface area contributed by atoms with E-state index >= 15 is 0 Å². The van der Waals surface area contributed by atoms with Crippen molar-refractivity contribution < 1.29 is 4.74 Å². The van der Waals surface area contributed by atoms with Crippen molar-refractivity contribution in [3.8, 4) is 6.07 Å². The molecule has 0 saturated heterocycles. The van der Waals surface area contributed by atoms with E-state index in [4.69, 9.17) is 16.3 Å². The lowest BCUT2D eigenvalue weighted by molar-refractivity contribution is 0.184. The number of methoxy groups -OCH3 is 1. The van der Waals surface area contributed by atoms with Gasteiger partial charge in [0.25, 0.3) is 0 Å². The van der Waals surface area contributed by atoms with Gasteiger partial charge in [0.1, 0.15) is 5.54 Å². The van der Waals surface area contributed by atoms with Gasteiger partial charge in [-0.3, -0.25) is 0 Å². The number of halogens is 2. The summed E-state index contributed by atoms with van der Waals surface area (Å²) in [5, 5.41) is 13.0. The van der Waals surface area contributed by atoms with E-state index in [1.165, 1.54) is 0 Å². The molecule has 0 heterocycles. The molecular weight excluding hydrogens is 304 g/mol. The Bertz CT molecular complexity index is 433. The van der Waals surface area contributed by atoms with Gasteiger partial charge in [0.2, 0.25) is 0 Å². The molecule has 17 heavy (non-hydrogen) atoms. The SMILES string of the molecule is COCCC(C)(C#N)Nc1ccc(Cl)c(Br)c1. The van der Waals surface area contributed by atoms with E-state index < -0.39 is 5.54 Å². The molecule has 1 aromatic rings. The highest BCUT2D eigenvalue weighted by Gasteiger charge is 2.23. The van der Waals surface area contributed by atoms with Crippen molar-refractivity contribution in [2.24, 2.45) is 0 Å². The Morgan fingerprint density at radius 1 is 1.59 bits per heavy atom. The summed E-state index contributed by atoms with van der Waals surface area (Å²) in [6.45, 7) is 2.38. The summed E-state index contributed by atoms with van der Waals surface area (Å²) in [6.07, 6.45) is 0.611. The summed E-state index contributed by atoms with van der Waals surface area (Å²) in [5.41, 5.74) is 0.199. The molecule has 1 N–H and O–H groups in total. The fourth-order valence-electron chi connectivity index (χ4n) is 1.34. The number of rotatable bonds is 5. The summed E-state index contributed by atoms with van der Waals surface area (Å²) >= 11 is 9.26. The summed E-state index contributed by atoms with van der Waals surface area (Å²) in [6, 6.07) is 7.73. The second-order valence-electron chi connectivity index (χ2n) is 3.94. The first-order valence-electron chi connectivity index (χ1n) is 5.14. The Morgan fingerprint density at radius 3 is 2.82 bits per heavy atom. The zero-order chi connectivity index (χ0) is 12.9. The van der Waals surface area contributed by atoms with Crippen LogP contribution in [0, 0.1) is 11.3 Å². The normalized spacial score (nSPS) is 13.8. The minimum Gasteiger partial charge on any atom is -0.385 e. The molecule has 3 nitrogen and oxygen atoms in total. The number of nitrogens with zero attached hydrogens (tertiary/aromatic N) is 1. The molecule has 0 aliphatic heterocycles. The molecule has 0 aliphatic rings. The van der Waals surface area contributed by atoms with Crippen LogP contribution < -0.4 is 5.32 Å². The van der Waals surface area contributed by atoms with Gasteiger partial charge >= 0.3 is 0 Å². The molecule has 0 aromatic heterocycles. The van der Waals surface area contributed by atoms with Crippen LogP contribution in [0.2, 0.25) is 5.02 Å². The average molecular weight is 318 g/mol. The monoisotopic (exact) mass is 316 g/mol. The van der Waals surface area contributed by atoms with Crippen molar-refractivity contribution in [1.29, 1.82) is 5.26 Å². The predicted molar refractivity (Wildman–Crippen MR) is 73.3 cm³/mol. The Labute approximate surface area is 115 Å². The highest BCUT2D eigenvalue weighted by Crippen LogP contribution is 2.27. The number of nitriles is 1. The smallest absolute Gasteiger partial charge is 0.124 e. The molecule has 0 fully saturated rings. The molecule has 1 rings (SSSR count). The van der Waals surface area contributed by atoms with E-state index in [1.807, 2.05) is 19.1 Å². The van der Waals surface area contributed by atoms with Gasteiger partial charge in [-0.15, -0.1) is 0 Å². The molecule has 0 radical (unpaired) electrons. The summed E-state index contributed by atoms with van der Waals surface area (Å²) in [5.74, 6) is 0. The zero-order valence-corrected chi connectivity index (χ0v) is 12.1. The van der Waals surface area contributed by atoms with Crippen LogP contribution in [0.5, 0.6) is 0 Å². The second kappa shape index (κ2) is 6.25. The standard InChI is InChI=1S/C12H14BrClN2O/c1-12(8-15,5-6-17-2)16-9-3-4-11(14)10(13)7-9/h3-4,7,16H,5-6H2,1-2H3. The maximum absolute atomic E-state index is 9.19. The van der Waals surface area contributed by atoms with Crippen LogP contribution >= 0.6 is 27.5 Å². The Hall–Kier alpha value is -0.760. The zero-order valence-electron chi connectivity index (χ0n) is 9.76. The molecule has 1 aromatic carbocycles. The first-order chi connectivity index (χ1) is 8.00. The molecule has 0 bridgehead atoms. The number of benzene rings is 1. The summed E-state index contributed by atoms with van der Waals surface area (Å²) in [7, 11) is 1.62. The number of hydrogen-bond donors (Lipinski definition) is 1. The number of nitrogens with one attached hydrogen (secondary N) is 1. The first kappa shape index (κ1) is 14.3. The number of ether oxygens (including phenoxy) is 1. The van der Waals surface area contributed by atoms with Gasteiger partial charge in [0.05, 0.1) is 11.1 Å². The van der Waals surface area contributed by atoms with Crippen molar-refractivity contribution >= 4 is 33.2 Å². The lowest BCUT2D eigenvalue weighted by Crippen LogP contribution is -2.34. The highest BCUT2D eigenvalue weighted by molar-refractivity contribution is 9.10. The maximum atomic E-state index is 9.19. The van der Waals surface area contributed by atoms with Gasteiger partial charge in [-0.2, -0.15) is 5.26 Å². The van der Waals surface area contributed by atoms with Crippen LogP contribution in [0.15, 0.2) is 22.7 Å². The van der Waals surface area contributed by atoms with E-state index in [0.29, 0.717) is 18.1 Å². The van der Waals surface area contributed by atoms with Gasteiger partial charge in [-0.25, -0.2) is 0 Å². The molecule has 1 atom stereocenters. The largest absolute Gasteiger partial charge is 0.385 e. The van der Waals surface area contributed by atoms with Crippen molar-refractivity contribution in [2.45, 2.75) is 18.9 Å². The van der Waals surface area contributed by atoms with Crippen LogP contribution in [-0.4, -0.2) is 19.3 Å². The van der Waals surface area contributed by atoms with Crippen molar-refractivity contribution in [3.05, 3.63) is 27.7 Å². The Kier molecular flexibility index (Phi) is 5.26. The maximum Gasteiger partial charge on any atom is 0.124 e. The van der Waals surface area contributed by atoms with E-state index in [9.17, 15) is 5.26 Å². The third-order valence-electron chi connectivity index (χ3n) is 2.39. The molecule has 92 valence electrons. The number of hydrogen-bond acceptors (Lipinski definition) is 3. The third-order valence-corrected chi connectivity index (χ3v) is 3.61. The van der Waals surface area contributed by atoms with Crippen molar-refractivity contribution in [1.82, 2.24) is 0 Å². The van der Waals surface area contributed by atoms with E-state index in [-0.39, 0.29) is 0 Å². The summed E-state index contributed by atoms with van der Waals surface area (Å²) in [4.78, 5) is 0. The van der Waals surface area contributed by atoms with Gasteiger partial charge in [0, 0.05) is 30.3 Å². The topological polar surface area (TPSA) is 45.0 Å². The molecule has 0 aliphatic carbocycles. The Morgan fingerprint density at radius 2 is 2.29 bits per heavy atom. The minimum atomic E-state index is -0.650. The van der Waals surface area contributed by atoms with Crippen LogP contribution in [0.3, 0.4) is 0 Å². The molecule has 0 amide bonds. The van der Waals surface area contributed by atoms with Crippen LogP contribution in [-0.2, 0) is 4.74 Å². The van der Waals surface area contributed by atoms with E-state index in [2.05, 4.69) is 27.3 Å². The molecule has 0 saturated carbocycles. The van der Waals surface area contributed by atoms with Crippen molar-refractivity contribution in [2.75, 3.05) is 19.0 Å². The van der Waals surface area contributed by atoms with Crippen LogP contribution in [0.1, 0.15) is 13.3 Å². The van der Waals surface area contributed by atoms with Crippen LogP contribution in [0.25, 0.3) is 0 Å². The predicted octanol–water partition coefficient (Wildman–Crippen LogP) is 3.83. The third kappa shape index (κ3) is 4.19. The lowest BCUT2D eigenvalue weighted by atomic mass is 10.00. The van der Waals surface area contributed by atoms with Gasteiger partial charge in [-0.05, 0) is 41.1 Å². The summed E-state index contributed by atoms with van der Waals surface area (Å²) < 4.78 is 5.80. The van der Waals surface area contributed by atoms with Crippen molar-refractivity contribution in [3.63, 3.8) is 0 Å². The minimum absolute atomic E-state index is 0.534. The fraction of sp³-hybridized carbons (Fsp3) is 0.417. The molecular formula is C12H14BrClN2O. The van der Waals surface area contributed by atoms with E-state index in [1.54, 1.807) is 13.2 Å². The second-order valence-corrected chi connectivity index (χ2v) is 5.20. The molecule has 0 spiro atoms. The van der Waals surface area contributed by atoms with Crippen LogP contribution in [0.4, 0.5) is 5.69 Å². The van der Waals surface area contributed by atoms with Gasteiger partial charge in [0.15, 0.2) is 0 Å². The highest BCUT2D eigenvalue weighted by atomic mass is 79.9. The van der Waals surface area contributed by atoms with Gasteiger partial charge in [-0.1, -0.05) is 11.6 Å². The Balaban J connectivity index is 2.80. The molecule has 1 unspecified atom stereocenters. The first-order valence-corrected chi connectivity index (χ1v) is 6.31. The van der Waals surface area contributed by atoms with Gasteiger partial charge < -0.3 is 10.1 Å².